The van der Waals surface area contributed by atoms with Crippen LogP contribution in [0.5, 0.6) is 0 Å². The van der Waals surface area contributed by atoms with Crippen LogP contribution in [0.4, 0.5) is 9.59 Å². The van der Waals surface area contributed by atoms with Gasteiger partial charge in [-0.3, -0.25) is 9.63 Å². The highest BCUT2D eigenvalue weighted by atomic mass is 16.7. The molecule has 9 nitrogen and oxygen atoms in total. The second-order valence-corrected chi connectivity index (χ2v) is 12.0. The van der Waals surface area contributed by atoms with Crippen LogP contribution < -0.4 is 5.48 Å². The molecule has 0 unspecified atom stereocenters. The number of likely N-dealkylation sites (tertiary alicyclic amines) is 1. The molecule has 0 aliphatic carbocycles. The number of hydroxylamine groups is 1. The van der Waals surface area contributed by atoms with Gasteiger partial charge in [0.1, 0.15) is 17.8 Å². The molecule has 39 heavy (non-hydrogen) atoms. The summed E-state index contributed by atoms with van der Waals surface area (Å²) in [6.07, 6.45) is 0.876. The van der Waals surface area contributed by atoms with Crippen LogP contribution in [-0.4, -0.2) is 45.3 Å². The molecule has 0 spiro atoms. The van der Waals surface area contributed by atoms with Crippen molar-refractivity contribution in [2.75, 3.05) is 6.54 Å². The van der Waals surface area contributed by atoms with Gasteiger partial charge in [0.15, 0.2) is 0 Å². The van der Waals surface area contributed by atoms with Crippen LogP contribution >= 0.6 is 0 Å². The number of nitrogens with one attached hydrogen (secondary N) is 1. The molecule has 206 valence electrons. The van der Waals surface area contributed by atoms with E-state index in [-0.39, 0.29) is 24.6 Å². The summed E-state index contributed by atoms with van der Waals surface area (Å²) in [5.74, 6) is -0.369. The van der Waals surface area contributed by atoms with Crippen LogP contribution in [0.3, 0.4) is 0 Å². The second kappa shape index (κ2) is 9.72. The average molecular weight is 534 g/mol. The van der Waals surface area contributed by atoms with E-state index in [4.69, 9.17) is 14.3 Å². The summed E-state index contributed by atoms with van der Waals surface area (Å²) in [4.78, 5) is 46.4. The first-order valence-electron chi connectivity index (χ1n) is 13.3. The van der Waals surface area contributed by atoms with Gasteiger partial charge in [-0.1, -0.05) is 30.3 Å². The fraction of sp³-hybridized carbons (Fsp3) is 0.433. The molecule has 1 N–H and O–H groups in total. The van der Waals surface area contributed by atoms with Gasteiger partial charge in [0.2, 0.25) is 0 Å². The molecular formula is C30H35N3O6. The Morgan fingerprint density at radius 3 is 2.28 bits per heavy atom. The summed E-state index contributed by atoms with van der Waals surface area (Å²) in [5, 5.41) is 0.657. The quantitative estimate of drug-likeness (QED) is 0.413. The molecule has 2 aromatic carbocycles. The molecule has 0 saturated carbocycles. The number of hydrogen-bond acceptors (Lipinski definition) is 6. The van der Waals surface area contributed by atoms with E-state index in [1.54, 1.807) is 23.1 Å². The monoisotopic (exact) mass is 533 g/mol. The van der Waals surface area contributed by atoms with Gasteiger partial charge in [0, 0.05) is 17.5 Å². The summed E-state index contributed by atoms with van der Waals surface area (Å²) >= 11 is 0. The summed E-state index contributed by atoms with van der Waals surface area (Å²) < 4.78 is 12.9. The molecule has 0 bridgehead atoms. The molecule has 1 saturated heterocycles. The van der Waals surface area contributed by atoms with Crippen molar-refractivity contribution in [2.45, 2.75) is 78.2 Å². The third kappa shape index (κ3) is 5.23. The number of carbonyl (C=O) groups is 3. The Labute approximate surface area is 228 Å². The first kappa shape index (κ1) is 26.7. The summed E-state index contributed by atoms with van der Waals surface area (Å²) in [6.45, 7) is 11.8. The molecule has 1 atom stereocenters. The maximum atomic E-state index is 13.5. The first-order chi connectivity index (χ1) is 18.3. The minimum Gasteiger partial charge on any atom is -0.444 e. The highest BCUT2D eigenvalue weighted by Crippen LogP contribution is 2.39. The fourth-order valence-electron chi connectivity index (χ4n) is 5.29. The molecule has 3 heterocycles. The number of aromatic nitrogens is 1. The Kier molecular flexibility index (Phi) is 6.66. The predicted molar refractivity (Wildman–Crippen MR) is 146 cm³/mol. The van der Waals surface area contributed by atoms with Crippen molar-refractivity contribution in [1.29, 1.82) is 0 Å². The van der Waals surface area contributed by atoms with E-state index in [0.717, 1.165) is 24.0 Å². The number of ether oxygens (including phenoxy) is 2. The van der Waals surface area contributed by atoms with Crippen LogP contribution in [-0.2, 0) is 20.9 Å². The minimum absolute atomic E-state index is 0.0845. The van der Waals surface area contributed by atoms with Gasteiger partial charge in [-0.05, 0) is 77.6 Å². The molecule has 2 aliphatic rings. The van der Waals surface area contributed by atoms with Crippen molar-refractivity contribution < 1.29 is 28.7 Å². The second-order valence-electron chi connectivity index (χ2n) is 12.0. The number of rotatable bonds is 2. The fourth-order valence-corrected chi connectivity index (χ4v) is 5.29. The van der Waals surface area contributed by atoms with E-state index in [2.05, 4.69) is 5.48 Å². The minimum atomic E-state index is -0.717. The largest absolute Gasteiger partial charge is 0.444 e. The molecule has 3 aromatic rings. The normalized spacial score (nSPS) is 17.6. The van der Waals surface area contributed by atoms with E-state index in [9.17, 15) is 14.4 Å². The zero-order valence-electron chi connectivity index (χ0n) is 23.3. The Morgan fingerprint density at radius 1 is 0.949 bits per heavy atom. The number of hydrogen-bond donors (Lipinski definition) is 1. The molecule has 1 fully saturated rings. The van der Waals surface area contributed by atoms with Crippen LogP contribution in [0.15, 0.2) is 42.5 Å². The van der Waals surface area contributed by atoms with Gasteiger partial charge < -0.3 is 14.4 Å². The lowest BCUT2D eigenvalue weighted by atomic mass is 9.99. The third-order valence-corrected chi connectivity index (χ3v) is 6.75. The Balaban J connectivity index is 1.59. The molecular weight excluding hydrogens is 498 g/mol. The zero-order chi connectivity index (χ0) is 28.1. The van der Waals surface area contributed by atoms with Crippen molar-refractivity contribution >= 4 is 29.0 Å². The Morgan fingerprint density at radius 2 is 1.62 bits per heavy atom. The van der Waals surface area contributed by atoms with E-state index in [1.807, 2.05) is 65.8 Å². The first-order valence-corrected chi connectivity index (χ1v) is 13.3. The zero-order valence-corrected chi connectivity index (χ0v) is 23.3. The summed E-state index contributed by atoms with van der Waals surface area (Å²) in [5.41, 5.74) is 5.25. The predicted octanol–water partition coefficient (Wildman–Crippen LogP) is 6.34. The maximum Gasteiger partial charge on any atom is 0.419 e. The van der Waals surface area contributed by atoms with Gasteiger partial charge >= 0.3 is 12.2 Å². The van der Waals surface area contributed by atoms with Gasteiger partial charge in [-0.15, -0.1) is 0 Å². The molecule has 5 rings (SSSR count). The Bertz CT molecular complexity index is 1440. The highest BCUT2D eigenvalue weighted by molar-refractivity contribution is 6.12. The maximum absolute atomic E-state index is 13.5. The molecule has 2 amide bonds. The number of benzene rings is 2. The van der Waals surface area contributed by atoms with Gasteiger partial charge in [0.25, 0.3) is 5.91 Å². The lowest BCUT2D eigenvalue weighted by Crippen LogP contribution is -2.36. The van der Waals surface area contributed by atoms with E-state index in [1.165, 1.54) is 4.57 Å². The van der Waals surface area contributed by atoms with E-state index >= 15 is 0 Å². The van der Waals surface area contributed by atoms with Gasteiger partial charge in [-0.2, -0.15) is 0 Å². The summed E-state index contributed by atoms with van der Waals surface area (Å²) in [6, 6.07) is 13.0. The summed E-state index contributed by atoms with van der Waals surface area (Å²) in [7, 11) is 0. The average Bonchev–Trinajstić information content (AvgIpc) is 3.41. The SMILES string of the molecule is CC(C)(C)OC(=O)N1CCC[C@@H]1c1ccc(-c2c3c4c(cccc4n2C(=O)OC(C)(C)C)C(=O)NOC3)cc1. The van der Waals surface area contributed by atoms with Crippen LogP contribution in [0.25, 0.3) is 22.2 Å². The lowest BCUT2D eigenvalue weighted by Gasteiger charge is -2.29. The molecule has 1 aromatic heterocycles. The van der Waals surface area contributed by atoms with Crippen molar-refractivity contribution in [3.05, 3.63) is 59.2 Å². The topological polar surface area (TPSA) is 99.1 Å². The van der Waals surface area contributed by atoms with E-state index < -0.39 is 17.3 Å². The lowest BCUT2D eigenvalue weighted by molar-refractivity contribution is 0.0223. The van der Waals surface area contributed by atoms with Gasteiger partial charge in [-0.25, -0.2) is 19.6 Å². The smallest absolute Gasteiger partial charge is 0.419 e. The van der Waals surface area contributed by atoms with Crippen LogP contribution in [0, 0.1) is 0 Å². The van der Waals surface area contributed by atoms with E-state index in [0.29, 0.717) is 34.3 Å². The number of amides is 2. The Hall–Kier alpha value is -3.85. The van der Waals surface area contributed by atoms with Crippen LogP contribution in [0.2, 0.25) is 0 Å². The molecule has 2 aliphatic heterocycles. The standard InChI is InChI=1S/C30H35N3O6/c1-29(2,3)38-27(35)32-16-8-11-22(32)18-12-14-19(15-13-18)25-21-17-37-31-26(34)20-9-7-10-23(24(20)21)33(25)28(36)39-30(4,5)6/h7,9-10,12-15,22H,8,11,16-17H2,1-6H3,(H,31,34)/t22-/m1/s1. The number of nitrogens with zero attached hydrogens (tertiary/aromatic N) is 2. The molecule has 9 heteroatoms. The van der Waals surface area contributed by atoms with Crippen molar-refractivity contribution in [3.63, 3.8) is 0 Å². The van der Waals surface area contributed by atoms with Crippen LogP contribution in [0.1, 0.15) is 81.9 Å². The van der Waals surface area contributed by atoms with Crippen molar-refractivity contribution in [2.24, 2.45) is 0 Å². The highest BCUT2D eigenvalue weighted by Gasteiger charge is 2.34. The third-order valence-electron chi connectivity index (χ3n) is 6.75. The van der Waals surface area contributed by atoms with Crippen molar-refractivity contribution in [1.82, 2.24) is 14.9 Å². The van der Waals surface area contributed by atoms with Crippen molar-refractivity contribution in [3.8, 4) is 11.3 Å². The molecule has 0 radical (unpaired) electrons. The number of carbonyl (C=O) groups excluding carboxylic acids is 3. The van der Waals surface area contributed by atoms with Gasteiger partial charge in [0.05, 0.1) is 22.8 Å².